The molecule has 2 aliphatic rings. The second kappa shape index (κ2) is 4.31. The molecule has 0 bridgehead atoms. The van der Waals surface area contributed by atoms with Crippen LogP contribution >= 0.6 is 11.6 Å². The number of methoxy groups -OCH3 is 1. The summed E-state index contributed by atoms with van der Waals surface area (Å²) in [4.78, 5) is 4.17. The van der Waals surface area contributed by atoms with E-state index in [1.54, 1.807) is 7.11 Å². The van der Waals surface area contributed by atoms with Crippen LogP contribution in [0.1, 0.15) is 18.4 Å². The Hall–Kier alpha value is -1.06. The SMILES string of the molecule is COc1cc(C2=C[C@H]3CCN[C@H]3C2)cnc1Cl. The van der Waals surface area contributed by atoms with Crippen LogP contribution in [0.15, 0.2) is 18.3 Å². The van der Waals surface area contributed by atoms with Gasteiger partial charge >= 0.3 is 0 Å². The molecule has 1 aromatic heterocycles. The van der Waals surface area contributed by atoms with Gasteiger partial charge in [-0.2, -0.15) is 0 Å². The lowest BCUT2D eigenvalue weighted by molar-refractivity contribution is 0.413. The largest absolute Gasteiger partial charge is 0.494 e. The van der Waals surface area contributed by atoms with E-state index in [0.717, 1.165) is 18.5 Å². The number of nitrogens with one attached hydrogen (secondary N) is 1. The zero-order chi connectivity index (χ0) is 11.8. The third kappa shape index (κ3) is 1.94. The molecule has 4 heteroatoms. The minimum atomic E-state index is 0.424. The molecule has 3 rings (SSSR count). The summed E-state index contributed by atoms with van der Waals surface area (Å²) in [5.74, 6) is 1.33. The second-order valence-electron chi connectivity index (χ2n) is 4.63. The fourth-order valence-corrected chi connectivity index (χ4v) is 2.92. The molecule has 0 unspecified atom stereocenters. The summed E-state index contributed by atoms with van der Waals surface area (Å²) in [5, 5.41) is 3.95. The molecule has 0 spiro atoms. The Bertz CT molecular complexity index is 472. The Labute approximate surface area is 106 Å². The van der Waals surface area contributed by atoms with Gasteiger partial charge < -0.3 is 10.1 Å². The number of nitrogens with zero attached hydrogens (tertiary/aromatic N) is 1. The van der Waals surface area contributed by atoms with Gasteiger partial charge in [-0.25, -0.2) is 4.98 Å². The lowest BCUT2D eigenvalue weighted by atomic mass is 10.1. The first-order valence-electron chi connectivity index (χ1n) is 5.92. The lowest BCUT2D eigenvalue weighted by Crippen LogP contribution is -2.22. The quantitative estimate of drug-likeness (QED) is 0.819. The number of hydrogen-bond donors (Lipinski definition) is 1. The average molecular weight is 251 g/mol. The Morgan fingerprint density at radius 1 is 1.53 bits per heavy atom. The van der Waals surface area contributed by atoms with Crippen molar-refractivity contribution in [2.24, 2.45) is 5.92 Å². The summed E-state index contributed by atoms with van der Waals surface area (Å²) in [5.41, 5.74) is 2.48. The van der Waals surface area contributed by atoms with Crippen LogP contribution < -0.4 is 10.1 Å². The van der Waals surface area contributed by atoms with Crippen molar-refractivity contribution in [1.82, 2.24) is 10.3 Å². The first-order chi connectivity index (χ1) is 8.28. The van der Waals surface area contributed by atoms with Crippen LogP contribution in [0.3, 0.4) is 0 Å². The molecule has 1 aliphatic heterocycles. The number of aromatic nitrogens is 1. The van der Waals surface area contributed by atoms with Crippen LogP contribution in [0.25, 0.3) is 5.57 Å². The normalized spacial score (nSPS) is 26.8. The summed E-state index contributed by atoms with van der Waals surface area (Å²) >= 11 is 5.93. The van der Waals surface area contributed by atoms with E-state index in [4.69, 9.17) is 16.3 Å². The summed E-state index contributed by atoms with van der Waals surface area (Å²) in [6.45, 7) is 1.14. The maximum absolute atomic E-state index is 5.93. The van der Waals surface area contributed by atoms with Gasteiger partial charge in [0.15, 0.2) is 10.9 Å². The standard InChI is InChI=1S/C13H15ClN2O/c1-17-12-6-10(7-16-13(12)14)9-4-8-2-3-15-11(8)5-9/h4,6-8,11,15H,2-3,5H2,1H3/t8-,11+/m1/s1. The van der Waals surface area contributed by atoms with E-state index in [9.17, 15) is 0 Å². The van der Waals surface area contributed by atoms with Crippen molar-refractivity contribution in [3.05, 3.63) is 29.1 Å². The molecular weight excluding hydrogens is 236 g/mol. The van der Waals surface area contributed by atoms with Crippen LogP contribution in [0.2, 0.25) is 5.15 Å². The maximum Gasteiger partial charge on any atom is 0.171 e. The van der Waals surface area contributed by atoms with Gasteiger partial charge in [0.05, 0.1) is 7.11 Å². The van der Waals surface area contributed by atoms with Crippen molar-refractivity contribution in [2.45, 2.75) is 18.9 Å². The highest BCUT2D eigenvalue weighted by Gasteiger charge is 2.31. The zero-order valence-electron chi connectivity index (χ0n) is 9.74. The molecule has 0 radical (unpaired) electrons. The monoisotopic (exact) mass is 250 g/mol. The third-order valence-electron chi connectivity index (χ3n) is 3.65. The summed E-state index contributed by atoms with van der Waals surface area (Å²) in [6, 6.07) is 2.59. The topological polar surface area (TPSA) is 34.1 Å². The smallest absolute Gasteiger partial charge is 0.171 e. The third-order valence-corrected chi connectivity index (χ3v) is 3.94. The van der Waals surface area contributed by atoms with Crippen LogP contribution in [0.4, 0.5) is 0 Å². The molecule has 1 fully saturated rings. The van der Waals surface area contributed by atoms with Gasteiger partial charge in [0.2, 0.25) is 0 Å². The summed E-state index contributed by atoms with van der Waals surface area (Å²) in [7, 11) is 1.62. The Balaban J connectivity index is 1.90. The highest BCUT2D eigenvalue weighted by Crippen LogP contribution is 2.37. The Morgan fingerprint density at radius 2 is 2.41 bits per heavy atom. The molecule has 0 amide bonds. The first-order valence-corrected chi connectivity index (χ1v) is 6.29. The van der Waals surface area contributed by atoms with Gasteiger partial charge in [0.25, 0.3) is 0 Å². The molecule has 17 heavy (non-hydrogen) atoms. The molecule has 1 saturated heterocycles. The molecule has 90 valence electrons. The lowest BCUT2D eigenvalue weighted by Gasteiger charge is -2.09. The highest BCUT2D eigenvalue weighted by atomic mass is 35.5. The van der Waals surface area contributed by atoms with Gasteiger partial charge in [-0.1, -0.05) is 17.7 Å². The number of hydrogen-bond acceptors (Lipinski definition) is 3. The fourth-order valence-electron chi connectivity index (χ4n) is 2.74. The zero-order valence-corrected chi connectivity index (χ0v) is 10.5. The van der Waals surface area contributed by atoms with Crippen LogP contribution in [-0.2, 0) is 0 Å². The van der Waals surface area contributed by atoms with E-state index in [1.165, 1.54) is 12.0 Å². The fraction of sp³-hybridized carbons (Fsp3) is 0.462. The van der Waals surface area contributed by atoms with Crippen molar-refractivity contribution >= 4 is 17.2 Å². The first kappa shape index (κ1) is 11.1. The van der Waals surface area contributed by atoms with Gasteiger partial charge in [0.1, 0.15) is 0 Å². The van der Waals surface area contributed by atoms with Crippen molar-refractivity contribution < 1.29 is 4.74 Å². The average Bonchev–Trinajstić information content (AvgIpc) is 2.90. The molecule has 1 N–H and O–H groups in total. The number of ether oxygens (including phenoxy) is 1. The maximum atomic E-state index is 5.93. The van der Waals surface area contributed by atoms with Gasteiger partial charge in [0, 0.05) is 12.2 Å². The second-order valence-corrected chi connectivity index (χ2v) is 4.98. The van der Waals surface area contributed by atoms with Gasteiger partial charge in [-0.3, -0.25) is 0 Å². The van der Waals surface area contributed by atoms with Crippen molar-refractivity contribution in [1.29, 1.82) is 0 Å². The minimum absolute atomic E-state index is 0.424. The van der Waals surface area contributed by atoms with Crippen molar-refractivity contribution in [3.63, 3.8) is 0 Å². The highest BCUT2D eigenvalue weighted by molar-refractivity contribution is 6.30. The minimum Gasteiger partial charge on any atom is -0.494 e. The molecule has 2 heterocycles. The molecule has 3 nitrogen and oxygen atoms in total. The predicted molar refractivity (Wildman–Crippen MR) is 68.3 cm³/mol. The number of rotatable bonds is 2. The molecule has 2 atom stereocenters. The summed E-state index contributed by atoms with van der Waals surface area (Å²) < 4.78 is 5.20. The van der Waals surface area contributed by atoms with E-state index < -0.39 is 0 Å². The van der Waals surface area contributed by atoms with Crippen LogP contribution in [0.5, 0.6) is 5.75 Å². The van der Waals surface area contributed by atoms with E-state index in [2.05, 4.69) is 16.4 Å². The molecule has 0 saturated carbocycles. The van der Waals surface area contributed by atoms with E-state index in [1.807, 2.05) is 12.3 Å². The van der Waals surface area contributed by atoms with E-state index in [0.29, 0.717) is 22.9 Å². The Morgan fingerprint density at radius 3 is 3.18 bits per heavy atom. The Kier molecular flexibility index (Phi) is 2.81. The van der Waals surface area contributed by atoms with Crippen molar-refractivity contribution in [3.8, 4) is 5.75 Å². The predicted octanol–water partition coefficient (Wildman–Crippen LogP) is 2.51. The molecular formula is C13H15ClN2O. The number of fused-ring (bicyclic) bond motifs is 1. The molecule has 1 aliphatic carbocycles. The molecule has 1 aromatic rings. The van der Waals surface area contributed by atoms with E-state index in [-0.39, 0.29) is 0 Å². The van der Waals surface area contributed by atoms with E-state index >= 15 is 0 Å². The van der Waals surface area contributed by atoms with Crippen LogP contribution in [0, 0.1) is 5.92 Å². The number of halogens is 1. The molecule has 0 aromatic carbocycles. The van der Waals surface area contributed by atoms with Gasteiger partial charge in [-0.15, -0.1) is 0 Å². The van der Waals surface area contributed by atoms with Gasteiger partial charge in [-0.05, 0) is 42.5 Å². The van der Waals surface area contributed by atoms with Crippen LogP contribution in [-0.4, -0.2) is 24.7 Å². The summed E-state index contributed by atoms with van der Waals surface area (Å²) in [6.07, 6.45) is 6.52. The van der Waals surface area contributed by atoms with Crippen molar-refractivity contribution in [2.75, 3.05) is 13.7 Å². The number of pyridine rings is 1.